The normalized spacial score (nSPS) is 15.0. The summed E-state index contributed by atoms with van der Waals surface area (Å²) in [6.07, 6.45) is 17.1. The Morgan fingerprint density at radius 2 is 1.71 bits per heavy atom. The third kappa shape index (κ3) is 7.32. The average Bonchev–Trinajstić information content (AvgIpc) is 2.22. The molecule has 0 rings (SSSR count). The van der Waals surface area contributed by atoms with E-state index in [2.05, 4.69) is 6.58 Å². The predicted octanol–water partition coefficient (Wildman–Crippen LogP) is 3.03. The number of hydrogen-bond acceptors (Lipinski definition) is 1. The highest BCUT2D eigenvalue weighted by Gasteiger charge is 1.93. The monoisotopic (exact) mass is 190 g/mol. The molecular formula is C13H18O. The van der Waals surface area contributed by atoms with Crippen LogP contribution in [0.2, 0.25) is 0 Å². The van der Waals surface area contributed by atoms with Crippen molar-refractivity contribution in [1.29, 1.82) is 0 Å². The fourth-order valence-electron chi connectivity index (χ4n) is 0.853. The Bertz CT molecular complexity index is 244. The lowest BCUT2D eigenvalue weighted by Gasteiger charge is -1.99. The molecule has 0 spiro atoms. The van der Waals surface area contributed by atoms with Gasteiger partial charge in [-0.15, -0.1) is 0 Å². The molecule has 1 heteroatoms. The van der Waals surface area contributed by atoms with Gasteiger partial charge in [0.05, 0.1) is 6.61 Å². The van der Waals surface area contributed by atoms with Gasteiger partial charge in [0, 0.05) is 5.92 Å². The minimum Gasteiger partial charge on any atom is -0.395 e. The second-order valence-corrected chi connectivity index (χ2v) is 2.76. The summed E-state index contributed by atoms with van der Waals surface area (Å²) in [5.74, 6) is 0.0839. The number of rotatable bonds is 6. The van der Waals surface area contributed by atoms with Crippen molar-refractivity contribution in [3.8, 4) is 0 Å². The van der Waals surface area contributed by atoms with Gasteiger partial charge in [0.2, 0.25) is 0 Å². The molecule has 0 aromatic rings. The van der Waals surface area contributed by atoms with Crippen LogP contribution in [0.4, 0.5) is 0 Å². The second-order valence-electron chi connectivity index (χ2n) is 2.76. The van der Waals surface area contributed by atoms with Crippen LogP contribution < -0.4 is 0 Å². The van der Waals surface area contributed by atoms with Crippen molar-refractivity contribution >= 4 is 0 Å². The first-order valence-corrected chi connectivity index (χ1v) is 4.71. The molecule has 1 nitrogen and oxygen atoms in total. The molecule has 0 aromatic heterocycles. The Morgan fingerprint density at radius 1 is 1.07 bits per heavy atom. The zero-order valence-corrected chi connectivity index (χ0v) is 8.63. The Kier molecular flexibility index (Phi) is 8.81. The van der Waals surface area contributed by atoms with Crippen molar-refractivity contribution in [3.05, 3.63) is 61.3 Å². The molecular weight excluding hydrogens is 172 g/mol. The summed E-state index contributed by atoms with van der Waals surface area (Å²) in [5, 5.41) is 9.01. The fourth-order valence-corrected chi connectivity index (χ4v) is 0.853. The van der Waals surface area contributed by atoms with Crippen molar-refractivity contribution in [2.45, 2.75) is 6.92 Å². The summed E-state index contributed by atoms with van der Waals surface area (Å²) in [7, 11) is 0. The van der Waals surface area contributed by atoms with E-state index < -0.39 is 0 Å². The van der Waals surface area contributed by atoms with Crippen LogP contribution >= 0.6 is 0 Å². The minimum atomic E-state index is 0.0839. The van der Waals surface area contributed by atoms with E-state index in [4.69, 9.17) is 5.11 Å². The van der Waals surface area contributed by atoms with Gasteiger partial charge in [-0.05, 0) is 6.92 Å². The lowest BCUT2D eigenvalue weighted by Crippen LogP contribution is -1.97. The maximum Gasteiger partial charge on any atom is 0.0528 e. The summed E-state index contributed by atoms with van der Waals surface area (Å²) >= 11 is 0. The molecule has 1 atom stereocenters. The van der Waals surface area contributed by atoms with E-state index in [9.17, 15) is 0 Å². The minimum absolute atomic E-state index is 0.0839. The van der Waals surface area contributed by atoms with E-state index >= 15 is 0 Å². The van der Waals surface area contributed by atoms with Crippen LogP contribution in [0.15, 0.2) is 61.3 Å². The molecule has 0 saturated carbocycles. The summed E-state index contributed by atoms with van der Waals surface area (Å²) < 4.78 is 0. The largest absolute Gasteiger partial charge is 0.395 e. The fraction of sp³-hybridized carbons (Fsp3) is 0.231. The highest BCUT2D eigenvalue weighted by Crippen LogP contribution is 2.00. The van der Waals surface area contributed by atoms with Gasteiger partial charge >= 0.3 is 0 Å². The molecule has 0 radical (unpaired) electrons. The zero-order chi connectivity index (χ0) is 10.6. The lowest BCUT2D eigenvalue weighted by atomic mass is 10.1. The molecule has 0 amide bonds. The predicted molar refractivity (Wildman–Crippen MR) is 63.0 cm³/mol. The molecule has 0 aliphatic rings. The van der Waals surface area contributed by atoms with Crippen molar-refractivity contribution in [1.82, 2.24) is 0 Å². The van der Waals surface area contributed by atoms with E-state index in [0.717, 1.165) is 0 Å². The third-order valence-corrected chi connectivity index (χ3v) is 1.59. The van der Waals surface area contributed by atoms with E-state index in [1.54, 1.807) is 6.08 Å². The SMILES string of the molecule is C=CC=CC=CC(C=CC=CC)CO. The number of aliphatic hydroxyl groups is 1. The van der Waals surface area contributed by atoms with Gasteiger partial charge in [0.15, 0.2) is 0 Å². The first-order valence-electron chi connectivity index (χ1n) is 4.71. The van der Waals surface area contributed by atoms with Crippen LogP contribution in [0.25, 0.3) is 0 Å². The van der Waals surface area contributed by atoms with Gasteiger partial charge in [0.1, 0.15) is 0 Å². The molecule has 14 heavy (non-hydrogen) atoms. The maximum absolute atomic E-state index is 9.01. The van der Waals surface area contributed by atoms with Crippen LogP contribution in [0, 0.1) is 5.92 Å². The zero-order valence-electron chi connectivity index (χ0n) is 8.63. The molecule has 1 N–H and O–H groups in total. The van der Waals surface area contributed by atoms with Crippen LogP contribution in [0.3, 0.4) is 0 Å². The second kappa shape index (κ2) is 9.75. The Balaban J connectivity index is 4.07. The van der Waals surface area contributed by atoms with Crippen LogP contribution in [-0.2, 0) is 0 Å². The Hall–Kier alpha value is -1.34. The van der Waals surface area contributed by atoms with Crippen molar-refractivity contribution in [2.75, 3.05) is 6.61 Å². The lowest BCUT2D eigenvalue weighted by molar-refractivity contribution is 0.274. The molecule has 0 fully saturated rings. The standard InChI is InChI=1S/C13H18O/c1-3-5-7-9-11-13(12-14)10-8-6-4-2/h3-11,13-14H,1,12H2,2H3. The first-order chi connectivity index (χ1) is 6.85. The van der Waals surface area contributed by atoms with E-state index in [-0.39, 0.29) is 12.5 Å². The molecule has 0 aromatic carbocycles. The van der Waals surface area contributed by atoms with E-state index in [0.29, 0.717) is 0 Å². The summed E-state index contributed by atoms with van der Waals surface area (Å²) in [6.45, 7) is 5.66. The molecule has 76 valence electrons. The van der Waals surface area contributed by atoms with Gasteiger partial charge in [-0.1, -0.05) is 61.3 Å². The van der Waals surface area contributed by atoms with Crippen molar-refractivity contribution < 1.29 is 5.11 Å². The smallest absolute Gasteiger partial charge is 0.0528 e. The summed E-state index contributed by atoms with van der Waals surface area (Å²) in [6, 6.07) is 0. The topological polar surface area (TPSA) is 20.2 Å². The average molecular weight is 190 g/mol. The van der Waals surface area contributed by atoms with Gasteiger partial charge < -0.3 is 5.11 Å². The molecule has 0 aliphatic carbocycles. The number of allylic oxidation sites excluding steroid dienone is 7. The van der Waals surface area contributed by atoms with Crippen LogP contribution in [-0.4, -0.2) is 11.7 Å². The van der Waals surface area contributed by atoms with Gasteiger partial charge in [0.25, 0.3) is 0 Å². The van der Waals surface area contributed by atoms with Gasteiger partial charge in [-0.25, -0.2) is 0 Å². The molecule has 0 heterocycles. The summed E-state index contributed by atoms with van der Waals surface area (Å²) in [4.78, 5) is 0. The highest BCUT2D eigenvalue weighted by molar-refractivity contribution is 5.14. The molecule has 0 aliphatic heterocycles. The Morgan fingerprint density at radius 3 is 2.21 bits per heavy atom. The third-order valence-electron chi connectivity index (χ3n) is 1.59. The van der Waals surface area contributed by atoms with Gasteiger partial charge in [-0.3, -0.25) is 0 Å². The van der Waals surface area contributed by atoms with E-state index in [1.165, 1.54) is 0 Å². The highest BCUT2D eigenvalue weighted by atomic mass is 16.3. The molecule has 1 unspecified atom stereocenters. The van der Waals surface area contributed by atoms with Crippen molar-refractivity contribution in [2.24, 2.45) is 5.92 Å². The number of aliphatic hydroxyl groups excluding tert-OH is 1. The molecule has 0 saturated heterocycles. The number of hydrogen-bond donors (Lipinski definition) is 1. The van der Waals surface area contributed by atoms with E-state index in [1.807, 2.05) is 55.5 Å². The summed E-state index contributed by atoms with van der Waals surface area (Å²) in [5.41, 5.74) is 0. The van der Waals surface area contributed by atoms with Crippen molar-refractivity contribution in [3.63, 3.8) is 0 Å². The maximum atomic E-state index is 9.01. The first kappa shape index (κ1) is 12.7. The molecule has 0 bridgehead atoms. The quantitative estimate of drug-likeness (QED) is 0.638. The van der Waals surface area contributed by atoms with Crippen LogP contribution in [0.1, 0.15) is 6.92 Å². The van der Waals surface area contributed by atoms with Gasteiger partial charge in [-0.2, -0.15) is 0 Å². The Labute approximate surface area is 86.5 Å². The van der Waals surface area contributed by atoms with Crippen LogP contribution in [0.5, 0.6) is 0 Å².